The molecule has 28 heavy (non-hydrogen) atoms. The fourth-order valence-electron chi connectivity index (χ4n) is 3.48. The number of rotatable bonds is 9. The van der Waals surface area contributed by atoms with Crippen molar-refractivity contribution in [3.8, 4) is 0 Å². The van der Waals surface area contributed by atoms with Gasteiger partial charge in [0.2, 0.25) is 0 Å². The lowest BCUT2D eigenvalue weighted by Gasteiger charge is -2.24. The van der Waals surface area contributed by atoms with E-state index in [4.69, 9.17) is 0 Å². The number of hydrogen-bond donors (Lipinski definition) is 2. The van der Waals surface area contributed by atoms with E-state index in [2.05, 4.69) is 54.5 Å². The maximum Gasteiger partial charge on any atom is 0.272 e. The summed E-state index contributed by atoms with van der Waals surface area (Å²) in [5.74, 6) is -0.000489. The first-order chi connectivity index (χ1) is 13.6. The Morgan fingerprint density at radius 3 is 2.61 bits per heavy atom. The summed E-state index contributed by atoms with van der Waals surface area (Å²) in [6.07, 6.45) is 6.45. The van der Waals surface area contributed by atoms with Crippen molar-refractivity contribution < 1.29 is 4.79 Å². The van der Waals surface area contributed by atoms with Crippen LogP contribution in [0.1, 0.15) is 41.4 Å². The van der Waals surface area contributed by atoms with Gasteiger partial charge in [0, 0.05) is 37.2 Å². The van der Waals surface area contributed by atoms with Crippen LogP contribution in [-0.4, -0.2) is 42.3 Å². The van der Waals surface area contributed by atoms with Gasteiger partial charge in [0.05, 0.1) is 0 Å². The Bertz CT molecular complexity index is 790. The van der Waals surface area contributed by atoms with Gasteiger partial charge in [-0.3, -0.25) is 4.79 Å². The Morgan fingerprint density at radius 1 is 1.18 bits per heavy atom. The highest BCUT2D eigenvalue weighted by Gasteiger charge is 2.22. The van der Waals surface area contributed by atoms with Gasteiger partial charge in [-0.25, -0.2) is 4.98 Å². The minimum Gasteiger partial charge on any atom is -0.427 e. The molecule has 2 heterocycles. The van der Waals surface area contributed by atoms with E-state index in [0.29, 0.717) is 19.1 Å². The van der Waals surface area contributed by atoms with Crippen LogP contribution in [0.4, 0.5) is 11.4 Å². The van der Waals surface area contributed by atoms with Crippen LogP contribution >= 0.6 is 0 Å². The molecule has 148 valence electrons. The predicted molar refractivity (Wildman–Crippen MR) is 118 cm³/mol. The third-order valence-corrected chi connectivity index (χ3v) is 5.32. The molecule has 1 aromatic heterocycles. The first kappa shape index (κ1) is 20.2. The van der Waals surface area contributed by atoms with Crippen molar-refractivity contribution in [3.63, 3.8) is 0 Å². The lowest BCUT2D eigenvalue weighted by Crippen LogP contribution is -2.36. The molecule has 1 fully saturated rings. The Labute approximate surface area is 169 Å². The normalized spacial score (nSPS) is 13.0. The van der Waals surface area contributed by atoms with Crippen molar-refractivity contribution in [2.24, 2.45) is 0 Å². The van der Waals surface area contributed by atoms with E-state index in [0.717, 1.165) is 30.9 Å². The van der Waals surface area contributed by atoms with Crippen LogP contribution in [0.3, 0.4) is 0 Å². The molecule has 2 N–H and O–H groups in total. The van der Waals surface area contributed by atoms with Gasteiger partial charge in [-0.1, -0.05) is 43.7 Å². The molecule has 0 saturated carbocycles. The van der Waals surface area contributed by atoms with Crippen molar-refractivity contribution in [1.82, 2.24) is 9.88 Å². The summed E-state index contributed by atoms with van der Waals surface area (Å²) < 4.78 is 0. The number of nitrogens with zero attached hydrogens (tertiary/aromatic N) is 2. The maximum atomic E-state index is 12.9. The van der Waals surface area contributed by atoms with E-state index in [1.165, 1.54) is 30.2 Å². The molecular weight excluding hydrogens is 347 g/mol. The molecule has 6 heteroatoms. The first-order valence-corrected chi connectivity index (χ1v) is 10.4. The van der Waals surface area contributed by atoms with Gasteiger partial charge < -0.3 is 15.4 Å². The minimum absolute atomic E-state index is 0.000489. The van der Waals surface area contributed by atoms with Gasteiger partial charge in [0.15, 0.2) is 0 Å². The second kappa shape index (κ2) is 9.62. The standard InChI is InChI=1S/C22H31BN4O/c1-4-13-27(14-12-24-20-8-6-17(2)15-18(20)3)22(28)21-9-7-19(16-25-21)26-23-10-5-11-23/h6-9,15-16,24,26H,4-5,10-14H2,1-3H3. The van der Waals surface area contributed by atoms with E-state index in [-0.39, 0.29) is 5.91 Å². The zero-order chi connectivity index (χ0) is 19.9. The third kappa shape index (κ3) is 5.28. The van der Waals surface area contributed by atoms with Gasteiger partial charge in [-0.05, 0) is 44.0 Å². The SMILES string of the molecule is CCCN(CCNc1ccc(C)cc1C)C(=O)c1ccc(NB2CCC2)cn1. The number of carbonyl (C=O) groups is 1. The van der Waals surface area contributed by atoms with Gasteiger partial charge in [0.1, 0.15) is 5.69 Å². The molecule has 0 aliphatic carbocycles. The molecule has 5 nitrogen and oxygen atoms in total. The van der Waals surface area contributed by atoms with E-state index in [9.17, 15) is 4.79 Å². The monoisotopic (exact) mass is 378 g/mol. The quantitative estimate of drug-likeness (QED) is 0.632. The number of amides is 1. The second-order valence-corrected chi connectivity index (χ2v) is 7.74. The fraction of sp³-hybridized carbons (Fsp3) is 0.455. The van der Waals surface area contributed by atoms with Crippen LogP contribution in [0, 0.1) is 13.8 Å². The summed E-state index contributed by atoms with van der Waals surface area (Å²) in [5, 5.41) is 6.92. The van der Waals surface area contributed by atoms with Crippen molar-refractivity contribution in [3.05, 3.63) is 53.3 Å². The number of carbonyl (C=O) groups excluding carboxylic acids is 1. The maximum absolute atomic E-state index is 12.9. The predicted octanol–water partition coefficient (Wildman–Crippen LogP) is 4.47. The number of pyridine rings is 1. The summed E-state index contributed by atoms with van der Waals surface area (Å²) in [6.45, 7) is 8.97. The molecule has 2 aromatic rings. The zero-order valence-corrected chi connectivity index (χ0v) is 17.3. The summed E-state index contributed by atoms with van der Waals surface area (Å²) in [6, 6.07) is 10.2. The Hall–Kier alpha value is -2.50. The molecule has 1 aliphatic rings. The summed E-state index contributed by atoms with van der Waals surface area (Å²) in [5.41, 5.74) is 5.12. The van der Waals surface area contributed by atoms with Crippen LogP contribution in [0.25, 0.3) is 0 Å². The van der Waals surface area contributed by atoms with Crippen LogP contribution < -0.4 is 10.5 Å². The molecule has 0 unspecified atom stereocenters. The average molecular weight is 378 g/mol. The molecule has 1 aromatic carbocycles. The summed E-state index contributed by atoms with van der Waals surface area (Å²) in [4.78, 5) is 19.2. The van der Waals surface area contributed by atoms with Crippen LogP contribution in [0.5, 0.6) is 0 Å². The van der Waals surface area contributed by atoms with Crippen molar-refractivity contribution in [1.29, 1.82) is 0 Å². The third-order valence-electron chi connectivity index (χ3n) is 5.32. The molecule has 0 bridgehead atoms. The highest BCUT2D eigenvalue weighted by molar-refractivity contribution is 6.65. The second-order valence-electron chi connectivity index (χ2n) is 7.74. The lowest BCUT2D eigenvalue weighted by molar-refractivity contribution is 0.0756. The van der Waals surface area contributed by atoms with Crippen LogP contribution in [0.2, 0.25) is 12.6 Å². The van der Waals surface area contributed by atoms with E-state index >= 15 is 0 Å². The highest BCUT2D eigenvalue weighted by atomic mass is 16.2. The topological polar surface area (TPSA) is 57.3 Å². The molecule has 1 saturated heterocycles. The Morgan fingerprint density at radius 2 is 2.00 bits per heavy atom. The largest absolute Gasteiger partial charge is 0.427 e. The zero-order valence-electron chi connectivity index (χ0n) is 17.3. The summed E-state index contributed by atoms with van der Waals surface area (Å²) in [7, 11) is 0. The molecular formula is C22H31BN4O. The van der Waals surface area contributed by atoms with E-state index < -0.39 is 0 Å². The Balaban J connectivity index is 1.56. The van der Waals surface area contributed by atoms with Crippen LogP contribution in [-0.2, 0) is 0 Å². The number of hydrogen-bond acceptors (Lipinski definition) is 4. The number of aryl methyl sites for hydroxylation is 2. The van der Waals surface area contributed by atoms with Crippen molar-refractivity contribution >= 4 is 24.1 Å². The Kier molecular flexibility index (Phi) is 6.96. The molecule has 0 spiro atoms. The van der Waals surface area contributed by atoms with Gasteiger partial charge in [0.25, 0.3) is 12.8 Å². The molecule has 0 atom stereocenters. The number of anilines is 2. The smallest absolute Gasteiger partial charge is 0.272 e. The van der Waals surface area contributed by atoms with Gasteiger partial charge in [-0.2, -0.15) is 0 Å². The molecule has 1 amide bonds. The number of benzene rings is 1. The molecule has 3 rings (SSSR count). The van der Waals surface area contributed by atoms with Crippen molar-refractivity contribution in [2.75, 3.05) is 30.2 Å². The minimum atomic E-state index is -0.000489. The van der Waals surface area contributed by atoms with Gasteiger partial charge in [-0.15, -0.1) is 0 Å². The fourth-order valence-corrected chi connectivity index (χ4v) is 3.48. The highest BCUT2D eigenvalue weighted by Crippen LogP contribution is 2.22. The number of aromatic nitrogens is 1. The van der Waals surface area contributed by atoms with E-state index in [1.807, 2.05) is 17.0 Å². The van der Waals surface area contributed by atoms with Crippen molar-refractivity contribution in [2.45, 2.75) is 46.3 Å². The van der Waals surface area contributed by atoms with Crippen LogP contribution in [0.15, 0.2) is 36.5 Å². The lowest BCUT2D eigenvalue weighted by atomic mass is 9.45. The van der Waals surface area contributed by atoms with E-state index in [1.54, 1.807) is 6.20 Å². The molecule has 0 radical (unpaired) electrons. The molecule has 1 aliphatic heterocycles. The summed E-state index contributed by atoms with van der Waals surface area (Å²) >= 11 is 0. The first-order valence-electron chi connectivity index (χ1n) is 10.4. The average Bonchev–Trinajstić information content (AvgIpc) is 2.65. The van der Waals surface area contributed by atoms with Gasteiger partial charge >= 0.3 is 0 Å². The number of nitrogens with one attached hydrogen (secondary N) is 2.